The third-order valence-electron chi connectivity index (χ3n) is 2.70. The molecule has 0 aliphatic carbocycles. The number of nitrogens with one attached hydrogen (secondary N) is 1. The van der Waals surface area contributed by atoms with Gasteiger partial charge in [0.1, 0.15) is 0 Å². The molecule has 0 saturated heterocycles. The van der Waals surface area contributed by atoms with Gasteiger partial charge in [-0.3, -0.25) is 4.79 Å². The lowest BCUT2D eigenvalue weighted by molar-refractivity contribution is -0.137. The van der Waals surface area contributed by atoms with E-state index in [0.29, 0.717) is 0 Å². The Labute approximate surface area is 112 Å². The molecule has 7 heteroatoms. The number of alkyl halides is 3. The molecule has 1 aromatic rings. The van der Waals surface area contributed by atoms with Crippen LogP contribution in [0.25, 0.3) is 0 Å². The van der Waals surface area contributed by atoms with E-state index in [2.05, 4.69) is 5.32 Å². The summed E-state index contributed by atoms with van der Waals surface area (Å²) in [7, 11) is 0. The molecule has 0 bridgehead atoms. The van der Waals surface area contributed by atoms with Gasteiger partial charge in [0.25, 0.3) is 5.91 Å². The summed E-state index contributed by atoms with van der Waals surface area (Å²) >= 11 is 0. The van der Waals surface area contributed by atoms with Crippen molar-refractivity contribution in [2.45, 2.75) is 20.0 Å². The molecule has 2 N–H and O–H groups in total. The minimum absolute atomic E-state index is 0.158. The molecule has 0 saturated carbocycles. The highest BCUT2D eigenvalue weighted by atomic mass is 19.4. The molecule has 1 rings (SSSR count). The molecule has 0 radical (unpaired) electrons. The molecule has 0 unspecified atom stereocenters. The van der Waals surface area contributed by atoms with E-state index in [4.69, 9.17) is 5.11 Å². The largest absolute Gasteiger partial charge is 0.478 e. The lowest BCUT2D eigenvalue weighted by Crippen LogP contribution is -2.19. The number of aliphatic carboxylic acids is 1. The molecular weight excluding hydrogens is 275 g/mol. The van der Waals surface area contributed by atoms with Crippen molar-refractivity contribution in [2.75, 3.05) is 5.32 Å². The van der Waals surface area contributed by atoms with Crippen LogP contribution in [0.3, 0.4) is 0 Å². The molecule has 108 valence electrons. The SMILES string of the molecule is C/C(C(=O)O)=C(\C)C(=O)Nc1ccccc1C(F)(F)F. The molecule has 0 aliphatic heterocycles. The van der Waals surface area contributed by atoms with Crippen molar-refractivity contribution in [3.8, 4) is 0 Å². The number of benzene rings is 1. The van der Waals surface area contributed by atoms with E-state index in [9.17, 15) is 22.8 Å². The molecule has 0 spiro atoms. The lowest BCUT2D eigenvalue weighted by Gasteiger charge is -2.14. The fraction of sp³-hybridized carbons (Fsp3) is 0.231. The highest BCUT2D eigenvalue weighted by molar-refractivity contribution is 6.08. The Morgan fingerprint density at radius 1 is 1.10 bits per heavy atom. The molecule has 20 heavy (non-hydrogen) atoms. The van der Waals surface area contributed by atoms with Crippen LogP contribution in [0.2, 0.25) is 0 Å². The van der Waals surface area contributed by atoms with Crippen LogP contribution in [-0.4, -0.2) is 17.0 Å². The maximum absolute atomic E-state index is 12.7. The Morgan fingerprint density at radius 3 is 2.15 bits per heavy atom. The second-order valence-electron chi connectivity index (χ2n) is 4.05. The van der Waals surface area contributed by atoms with Gasteiger partial charge in [0.15, 0.2) is 0 Å². The first-order valence-electron chi connectivity index (χ1n) is 5.53. The highest BCUT2D eigenvalue weighted by Crippen LogP contribution is 2.34. The van der Waals surface area contributed by atoms with Crippen LogP contribution in [-0.2, 0) is 15.8 Å². The van der Waals surface area contributed by atoms with Crippen molar-refractivity contribution in [3.63, 3.8) is 0 Å². The molecule has 0 aliphatic rings. The number of carbonyl (C=O) groups excluding carboxylic acids is 1. The lowest BCUT2D eigenvalue weighted by atomic mass is 10.1. The van der Waals surface area contributed by atoms with Gasteiger partial charge in [0.2, 0.25) is 0 Å². The maximum atomic E-state index is 12.7. The number of halogens is 3. The highest BCUT2D eigenvalue weighted by Gasteiger charge is 2.33. The van der Waals surface area contributed by atoms with E-state index >= 15 is 0 Å². The standard InChI is InChI=1S/C13H12F3NO3/c1-7(8(2)12(19)20)11(18)17-10-6-4-3-5-9(10)13(14,15)16/h3-6H,1-2H3,(H,17,18)(H,19,20)/b8-7-. The monoisotopic (exact) mass is 287 g/mol. The average molecular weight is 287 g/mol. The van der Waals surface area contributed by atoms with Gasteiger partial charge in [0, 0.05) is 11.1 Å². The van der Waals surface area contributed by atoms with Gasteiger partial charge in [-0.25, -0.2) is 4.79 Å². The first kappa shape index (κ1) is 15.7. The van der Waals surface area contributed by atoms with E-state index in [1.54, 1.807) is 0 Å². The van der Waals surface area contributed by atoms with E-state index in [1.807, 2.05) is 0 Å². The molecule has 0 aromatic heterocycles. The zero-order valence-corrected chi connectivity index (χ0v) is 10.7. The van der Waals surface area contributed by atoms with Crippen LogP contribution < -0.4 is 5.32 Å². The van der Waals surface area contributed by atoms with Gasteiger partial charge >= 0.3 is 12.1 Å². The molecule has 0 atom stereocenters. The van der Waals surface area contributed by atoms with E-state index in [-0.39, 0.29) is 11.1 Å². The Bertz CT molecular complexity index is 576. The topological polar surface area (TPSA) is 66.4 Å². The second-order valence-corrected chi connectivity index (χ2v) is 4.05. The summed E-state index contributed by atoms with van der Waals surface area (Å²) in [6, 6.07) is 4.47. The number of carboxylic acids is 1. The number of carboxylic acid groups (broad SMARTS) is 1. The fourth-order valence-electron chi connectivity index (χ4n) is 1.39. The normalized spacial score (nSPS) is 12.7. The summed E-state index contributed by atoms with van der Waals surface area (Å²) in [5, 5.41) is 10.8. The number of rotatable bonds is 3. The number of anilines is 1. The van der Waals surface area contributed by atoms with Crippen molar-refractivity contribution < 1.29 is 27.9 Å². The Hall–Kier alpha value is -2.31. The summed E-state index contributed by atoms with van der Waals surface area (Å²) in [5.41, 5.74) is -1.79. The van der Waals surface area contributed by atoms with Crippen molar-refractivity contribution in [1.82, 2.24) is 0 Å². The predicted octanol–water partition coefficient (Wildman–Crippen LogP) is 3.06. The van der Waals surface area contributed by atoms with Crippen LogP contribution in [0.5, 0.6) is 0 Å². The third kappa shape index (κ3) is 3.59. The second kappa shape index (κ2) is 5.77. The zero-order valence-electron chi connectivity index (χ0n) is 10.7. The van der Waals surface area contributed by atoms with Gasteiger partial charge in [-0.05, 0) is 26.0 Å². The maximum Gasteiger partial charge on any atom is 0.418 e. The minimum Gasteiger partial charge on any atom is -0.478 e. The number of amides is 1. The zero-order chi connectivity index (χ0) is 15.5. The Kier molecular flexibility index (Phi) is 4.54. The number of hydrogen-bond donors (Lipinski definition) is 2. The summed E-state index contributed by atoms with van der Waals surface area (Å²) in [4.78, 5) is 22.4. The van der Waals surface area contributed by atoms with Crippen LogP contribution in [0.4, 0.5) is 18.9 Å². The third-order valence-corrected chi connectivity index (χ3v) is 2.70. The van der Waals surface area contributed by atoms with Crippen molar-refractivity contribution >= 4 is 17.6 Å². The van der Waals surface area contributed by atoms with Crippen LogP contribution in [0.1, 0.15) is 19.4 Å². The molecule has 1 amide bonds. The average Bonchev–Trinajstić information content (AvgIpc) is 2.36. The smallest absolute Gasteiger partial charge is 0.418 e. The number of carbonyl (C=O) groups is 2. The first-order chi connectivity index (χ1) is 9.14. The Balaban J connectivity index is 3.10. The van der Waals surface area contributed by atoms with Gasteiger partial charge in [-0.15, -0.1) is 0 Å². The molecule has 4 nitrogen and oxygen atoms in total. The molecule has 0 heterocycles. The molecular formula is C13H12F3NO3. The first-order valence-corrected chi connectivity index (χ1v) is 5.53. The van der Waals surface area contributed by atoms with Crippen LogP contribution >= 0.6 is 0 Å². The van der Waals surface area contributed by atoms with E-state index in [0.717, 1.165) is 12.1 Å². The van der Waals surface area contributed by atoms with Crippen LogP contribution in [0.15, 0.2) is 35.4 Å². The number of hydrogen-bond acceptors (Lipinski definition) is 2. The van der Waals surface area contributed by atoms with E-state index in [1.165, 1.54) is 26.0 Å². The minimum atomic E-state index is -4.61. The van der Waals surface area contributed by atoms with Gasteiger partial charge in [0.05, 0.1) is 11.3 Å². The Morgan fingerprint density at radius 2 is 1.65 bits per heavy atom. The number of para-hydroxylation sites is 1. The van der Waals surface area contributed by atoms with Gasteiger partial charge in [-0.2, -0.15) is 13.2 Å². The molecule has 1 aromatic carbocycles. The summed E-state index contributed by atoms with van der Waals surface area (Å²) in [6.07, 6.45) is -4.61. The fourth-order valence-corrected chi connectivity index (χ4v) is 1.39. The summed E-state index contributed by atoms with van der Waals surface area (Å²) in [6.45, 7) is 2.43. The van der Waals surface area contributed by atoms with Crippen molar-refractivity contribution in [3.05, 3.63) is 41.0 Å². The summed E-state index contributed by atoms with van der Waals surface area (Å²) < 4.78 is 38.2. The van der Waals surface area contributed by atoms with Crippen molar-refractivity contribution in [1.29, 1.82) is 0 Å². The quantitative estimate of drug-likeness (QED) is 0.840. The predicted molar refractivity (Wildman–Crippen MR) is 66.1 cm³/mol. The van der Waals surface area contributed by atoms with Crippen molar-refractivity contribution in [2.24, 2.45) is 0 Å². The molecule has 0 fully saturated rings. The van der Waals surface area contributed by atoms with Gasteiger partial charge in [-0.1, -0.05) is 12.1 Å². The summed E-state index contributed by atoms with van der Waals surface area (Å²) in [5.74, 6) is -2.19. The van der Waals surface area contributed by atoms with Gasteiger partial charge < -0.3 is 10.4 Å². The van der Waals surface area contributed by atoms with Crippen LogP contribution in [0, 0.1) is 0 Å². The van der Waals surface area contributed by atoms with E-state index < -0.39 is 29.3 Å².